The Balaban J connectivity index is 1.53. The number of hydrogen-bond donors (Lipinski definition) is 1. The topological polar surface area (TPSA) is 91.7 Å². The zero-order valence-electron chi connectivity index (χ0n) is 20.8. The molecule has 2 aromatic carbocycles. The maximum Gasteiger partial charge on any atom is 0.344 e. The average Bonchev–Trinajstić information content (AvgIpc) is 3.18. The summed E-state index contributed by atoms with van der Waals surface area (Å²) in [7, 11) is 1.49. The van der Waals surface area contributed by atoms with Crippen LogP contribution in [-0.2, 0) is 9.59 Å². The zero-order valence-corrected chi connectivity index (χ0v) is 21.6. The molecule has 9 heteroatoms. The first kappa shape index (κ1) is 25.6. The van der Waals surface area contributed by atoms with Crippen LogP contribution >= 0.6 is 11.8 Å². The first-order valence-corrected chi connectivity index (χ1v) is 12.9. The van der Waals surface area contributed by atoms with Gasteiger partial charge < -0.3 is 19.5 Å². The van der Waals surface area contributed by atoms with Crippen LogP contribution in [0.4, 0.5) is 11.4 Å². The molecule has 1 amide bonds. The molecule has 4 rings (SSSR count). The highest BCUT2D eigenvalue weighted by molar-refractivity contribution is 8.18. The second-order valence-corrected chi connectivity index (χ2v) is 9.64. The number of amidine groups is 1. The lowest BCUT2D eigenvalue weighted by Gasteiger charge is -2.28. The third-order valence-electron chi connectivity index (χ3n) is 6.14. The predicted octanol–water partition coefficient (Wildman–Crippen LogP) is 5.16. The smallest absolute Gasteiger partial charge is 0.344 e. The monoisotopic (exact) mass is 509 g/mol. The molecular weight excluding hydrogens is 478 g/mol. The number of rotatable bonds is 8. The number of carbonyl (C=O) groups excluding carboxylic acids is 1. The minimum atomic E-state index is -1.07. The Morgan fingerprint density at radius 1 is 1.14 bits per heavy atom. The van der Waals surface area contributed by atoms with Crippen LogP contribution in [0, 0.1) is 0 Å². The number of carboxylic acids is 1. The number of carboxylic acid groups (broad SMARTS) is 1. The molecule has 0 aromatic heterocycles. The maximum absolute atomic E-state index is 13.1. The molecule has 36 heavy (non-hydrogen) atoms. The van der Waals surface area contributed by atoms with Gasteiger partial charge in [0.1, 0.15) is 0 Å². The molecular formula is C27H31N3O5S. The van der Waals surface area contributed by atoms with Gasteiger partial charge in [-0.15, -0.1) is 0 Å². The first-order chi connectivity index (χ1) is 17.4. The number of aliphatic carboxylic acids is 1. The van der Waals surface area contributed by atoms with Crippen molar-refractivity contribution in [2.24, 2.45) is 4.99 Å². The van der Waals surface area contributed by atoms with Gasteiger partial charge in [-0.3, -0.25) is 9.69 Å². The Labute approximate surface area is 215 Å². The number of nitrogens with zero attached hydrogens (tertiary/aromatic N) is 3. The van der Waals surface area contributed by atoms with Crippen molar-refractivity contribution < 1.29 is 24.2 Å². The largest absolute Gasteiger partial charge is 0.493 e. The van der Waals surface area contributed by atoms with Gasteiger partial charge in [0.2, 0.25) is 0 Å². The predicted molar refractivity (Wildman–Crippen MR) is 143 cm³/mol. The van der Waals surface area contributed by atoms with Gasteiger partial charge >= 0.3 is 5.97 Å². The van der Waals surface area contributed by atoms with E-state index in [1.54, 1.807) is 29.2 Å². The maximum atomic E-state index is 13.1. The number of methoxy groups -OCH3 is 1. The highest BCUT2D eigenvalue weighted by Gasteiger charge is 2.32. The van der Waals surface area contributed by atoms with Crippen molar-refractivity contribution in [1.29, 1.82) is 0 Å². The highest BCUT2D eigenvalue weighted by Crippen LogP contribution is 2.36. The van der Waals surface area contributed by atoms with Crippen molar-refractivity contribution in [3.8, 4) is 11.5 Å². The fourth-order valence-corrected chi connectivity index (χ4v) is 5.20. The van der Waals surface area contributed by atoms with Gasteiger partial charge in [-0.25, -0.2) is 9.79 Å². The van der Waals surface area contributed by atoms with Crippen LogP contribution < -0.4 is 14.4 Å². The number of benzene rings is 2. The Bertz CT molecular complexity index is 1170. The van der Waals surface area contributed by atoms with Gasteiger partial charge in [-0.2, -0.15) is 0 Å². The van der Waals surface area contributed by atoms with E-state index in [0.717, 1.165) is 24.3 Å². The molecule has 1 N–H and O–H groups in total. The molecule has 2 aliphatic heterocycles. The number of piperidine rings is 1. The summed E-state index contributed by atoms with van der Waals surface area (Å²) in [6.45, 7) is 6.07. The number of hydrogen-bond acceptors (Lipinski definition) is 7. The van der Waals surface area contributed by atoms with Gasteiger partial charge in [0.15, 0.2) is 22.8 Å². The molecule has 2 heterocycles. The molecule has 8 nitrogen and oxygen atoms in total. The van der Waals surface area contributed by atoms with E-state index >= 15 is 0 Å². The van der Waals surface area contributed by atoms with Crippen LogP contribution in [-0.4, -0.2) is 59.9 Å². The summed E-state index contributed by atoms with van der Waals surface area (Å²) >= 11 is 1.33. The SMILES string of the molecule is CCN1C(=O)/C(=C/c2ccc(O[C@@H](C)C(=O)O)c(OC)c2)SC1=Nc1ccc(N2CCCCC2)cc1. The van der Waals surface area contributed by atoms with Crippen LogP contribution in [0.3, 0.4) is 0 Å². The minimum Gasteiger partial charge on any atom is -0.493 e. The molecule has 2 aromatic rings. The Kier molecular flexibility index (Phi) is 8.20. The molecule has 0 unspecified atom stereocenters. The van der Waals surface area contributed by atoms with Crippen LogP contribution in [0.15, 0.2) is 52.4 Å². The van der Waals surface area contributed by atoms with Crippen LogP contribution in [0.1, 0.15) is 38.7 Å². The van der Waals surface area contributed by atoms with E-state index in [4.69, 9.17) is 19.6 Å². The third kappa shape index (κ3) is 5.84. The molecule has 190 valence electrons. The zero-order chi connectivity index (χ0) is 25.7. The van der Waals surface area contributed by atoms with E-state index in [2.05, 4.69) is 17.0 Å². The second kappa shape index (κ2) is 11.5. The number of carbonyl (C=O) groups is 2. The minimum absolute atomic E-state index is 0.107. The summed E-state index contributed by atoms with van der Waals surface area (Å²) in [5.41, 5.74) is 2.75. The van der Waals surface area contributed by atoms with E-state index in [0.29, 0.717) is 28.1 Å². The Hall–Kier alpha value is -3.46. The lowest BCUT2D eigenvalue weighted by molar-refractivity contribution is -0.144. The molecule has 2 saturated heterocycles. The van der Waals surface area contributed by atoms with Gasteiger partial charge in [0, 0.05) is 25.3 Å². The van der Waals surface area contributed by atoms with E-state index in [1.807, 2.05) is 19.1 Å². The number of ether oxygens (including phenoxy) is 2. The Morgan fingerprint density at radius 2 is 1.86 bits per heavy atom. The normalized spacial score (nSPS) is 19.1. The fourth-order valence-electron chi connectivity index (χ4n) is 4.13. The summed E-state index contributed by atoms with van der Waals surface area (Å²) < 4.78 is 10.8. The van der Waals surface area contributed by atoms with Crippen LogP contribution in [0.25, 0.3) is 6.08 Å². The number of aliphatic imine (C=N–C) groups is 1. The molecule has 0 bridgehead atoms. The van der Waals surface area contributed by atoms with E-state index in [9.17, 15) is 9.59 Å². The summed E-state index contributed by atoms with van der Waals surface area (Å²) in [5.74, 6) is -0.456. The molecule has 1 atom stereocenters. The fraction of sp³-hybridized carbons (Fsp3) is 0.370. The Morgan fingerprint density at radius 3 is 2.50 bits per heavy atom. The summed E-state index contributed by atoms with van der Waals surface area (Å²) in [6.07, 6.45) is 4.52. The molecule has 2 fully saturated rings. The van der Waals surface area contributed by atoms with Crippen molar-refractivity contribution in [3.63, 3.8) is 0 Å². The number of anilines is 1. The van der Waals surface area contributed by atoms with E-state index < -0.39 is 12.1 Å². The summed E-state index contributed by atoms with van der Waals surface area (Å²) in [6, 6.07) is 13.3. The molecule has 0 aliphatic carbocycles. The lowest BCUT2D eigenvalue weighted by Crippen LogP contribution is -2.29. The van der Waals surface area contributed by atoms with Crippen molar-refractivity contribution in [2.45, 2.75) is 39.2 Å². The molecule has 0 radical (unpaired) electrons. The van der Waals surface area contributed by atoms with Crippen molar-refractivity contribution in [1.82, 2.24) is 4.90 Å². The van der Waals surface area contributed by atoms with Gasteiger partial charge in [-0.1, -0.05) is 6.07 Å². The third-order valence-corrected chi connectivity index (χ3v) is 7.14. The summed E-state index contributed by atoms with van der Waals surface area (Å²) in [4.78, 5) is 33.6. The second-order valence-electron chi connectivity index (χ2n) is 8.63. The van der Waals surface area contributed by atoms with Crippen molar-refractivity contribution >= 4 is 46.3 Å². The van der Waals surface area contributed by atoms with Gasteiger partial charge in [0.25, 0.3) is 5.91 Å². The standard InChI is InChI=1S/C27H31N3O5S/c1-4-30-25(31)24(17-19-8-13-22(23(16-19)34-3)35-18(2)26(32)33)36-27(30)28-20-9-11-21(12-10-20)29-14-6-5-7-15-29/h8-13,16-18H,4-7,14-15H2,1-3H3,(H,32,33)/b24-17-,28-27?/t18-/m0/s1. The average molecular weight is 510 g/mol. The van der Waals surface area contributed by atoms with Gasteiger partial charge in [0.05, 0.1) is 17.7 Å². The van der Waals surface area contributed by atoms with Crippen LogP contribution in [0.2, 0.25) is 0 Å². The van der Waals surface area contributed by atoms with Crippen molar-refractivity contribution in [2.75, 3.05) is 31.6 Å². The number of amides is 1. The quantitative estimate of drug-likeness (QED) is 0.492. The van der Waals surface area contributed by atoms with E-state index in [-0.39, 0.29) is 5.91 Å². The van der Waals surface area contributed by atoms with Crippen LogP contribution in [0.5, 0.6) is 11.5 Å². The number of likely N-dealkylation sites (N-methyl/N-ethyl adjacent to an activating group) is 1. The molecule has 2 aliphatic rings. The summed E-state index contributed by atoms with van der Waals surface area (Å²) in [5, 5.41) is 9.74. The van der Waals surface area contributed by atoms with Gasteiger partial charge in [-0.05, 0) is 92.9 Å². The number of thioether (sulfide) groups is 1. The van der Waals surface area contributed by atoms with Crippen molar-refractivity contribution in [3.05, 3.63) is 52.9 Å². The lowest BCUT2D eigenvalue weighted by atomic mass is 10.1. The molecule has 0 spiro atoms. The highest BCUT2D eigenvalue weighted by atomic mass is 32.2. The molecule has 0 saturated carbocycles. The van der Waals surface area contributed by atoms with E-state index in [1.165, 1.54) is 50.7 Å². The first-order valence-electron chi connectivity index (χ1n) is 12.1.